The molecule has 1 aromatic heterocycles. The van der Waals surface area contributed by atoms with Crippen LogP contribution < -0.4 is 4.90 Å². The van der Waals surface area contributed by atoms with E-state index in [0.717, 1.165) is 32.5 Å². The average molecular weight is 502 g/mol. The van der Waals surface area contributed by atoms with Gasteiger partial charge < -0.3 is 4.98 Å². The van der Waals surface area contributed by atoms with Gasteiger partial charge in [-0.25, -0.2) is 13.3 Å². The van der Waals surface area contributed by atoms with Crippen molar-refractivity contribution >= 4 is 38.4 Å². The molecule has 5 rings (SSSR count). The van der Waals surface area contributed by atoms with Crippen LogP contribution >= 0.6 is 0 Å². The highest BCUT2D eigenvalue weighted by atomic mass is 32.2. The third-order valence-corrected chi connectivity index (χ3v) is 8.59. The summed E-state index contributed by atoms with van der Waals surface area (Å²) in [5.74, 6) is -0.941. The molecule has 1 fully saturated rings. The lowest BCUT2D eigenvalue weighted by atomic mass is 10.1. The molecule has 0 radical (unpaired) electrons. The second kappa shape index (κ2) is 9.37. The number of imide groups is 1. The lowest BCUT2D eigenvalue weighted by Crippen LogP contribution is -2.46. The van der Waals surface area contributed by atoms with Crippen LogP contribution in [0.5, 0.6) is 0 Å². The van der Waals surface area contributed by atoms with E-state index < -0.39 is 27.9 Å². The SMILES string of the molecule is Cc1ccc(N2C(=O)CC(N(CCc3c[nH]c4ccccc34)S(=O)(=O)c3ccc(C)cc3)C2=O)cc1. The highest BCUT2D eigenvalue weighted by Crippen LogP contribution is 2.30. The molecular formula is C28H27N3O4S. The van der Waals surface area contributed by atoms with Gasteiger partial charge in [0.15, 0.2) is 0 Å². The van der Waals surface area contributed by atoms with Crippen molar-refractivity contribution in [3.05, 3.63) is 95.7 Å². The molecule has 7 nitrogen and oxygen atoms in total. The number of aromatic amines is 1. The Morgan fingerprint density at radius 1 is 0.917 bits per heavy atom. The monoisotopic (exact) mass is 501 g/mol. The third kappa shape index (κ3) is 4.34. The number of anilines is 1. The summed E-state index contributed by atoms with van der Waals surface area (Å²) in [5.41, 5.74) is 4.27. The number of H-pyrrole nitrogens is 1. The molecule has 0 bridgehead atoms. The molecule has 0 spiro atoms. The Kier molecular flexibility index (Phi) is 6.24. The van der Waals surface area contributed by atoms with E-state index in [0.29, 0.717) is 12.1 Å². The predicted octanol–water partition coefficient (Wildman–Crippen LogP) is 4.35. The highest BCUT2D eigenvalue weighted by Gasteiger charge is 2.46. The van der Waals surface area contributed by atoms with Crippen molar-refractivity contribution in [3.63, 3.8) is 0 Å². The van der Waals surface area contributed by atoms with Crippen LogP contribution in [-0.4, -0.2) is 42.1 Å². The Morgan fingerprint density at radius 3 is 2.25 bits per heavy atom. The van der Waals surface area contributed by atoms with E-state index in [1.807, 2.05) is 56.4 Å². The maximum absolute atomic E-state index is 13.8. The quantitative estimate of drug-likeness (QED) is 0.381. The van der Waals surface area contributed by atoms with Gasteiger partial charge in [-0.3, -0.25) is 9.59 Å². The zero-order valence-corrected chi connectivity index (χ0v) is 21.0. The minimum atomic E-state index is -4.05. The van der Waals surface area contributed by atoms with Crippen LogP contribution in [0, 0.1) is 13.8 Å². The molecule has 36 heavy (non-hydrogen) atoms. The van der Waals surface area contributed by atoms with Crippen molar-refractivity contribution in [1.82, 2.24) is 9.29 Å². The number of amides is 2. The van der Waals surface area contributed by atoms with Crippen molar-refractivity contribution in [3.8, 4) is 0 Å². The second-order valence-electron chi connectivity index (χ2n) is 9.16. The number of nitrogens with one attached hydrogen (secondary N) is 1. The first kappa shape index (κ1) is 24.0. The molecule has 1 unspecified atom stereocenters. The number of hydrogen-bond donors (Lipinski definition) is 1. The van der Waals surface area contributed by atoms with Crippen molar-refractivity contribution in [2.24, 2.45) is 0 Å². The van der Waals surface area contributed by atoms with E-state index in [1.165, 1.54) is 4.31 Å². The maximum atomic E-state index is 13.8. The molecule has 1 aliphatic heterocycles. The van der Waals surface area contributed by atoms with E-state index >= 15 is 0 Å². The summed E-state index contributed by atoms with van der Waals surface area (Å²) >= 11 is 0. The average Bonchev–Trinajstić information content (AvgIpc) is 3.40. The second-order valence-corrected chi connectivity index (χ2v) is 11.1. The highest BCUT2D eigenvalue weighted by molar-refractivity contribution is 7.89. The first-order valence-electron chi connectivity index (χ1n) is 11.8. The van der Waals surface area contributed by atoms with E-state index in [1.54, 1.807) is 36.4 Å². The summed E-state index contributed by atoms with van der Waals surface area (Å²) in [6.45, 7) is 3.86. The van der Waals surface area contributed by atoms with Crippen molar-refractivity contribution in [1.29, 1.82) is 0 Å². The molecule has 184 valence electrons. The van der Waals surface area contributed by atoms with E-state index in [-0.39, 0.29) is 17.9 Å². The molecular weight excluding hydrogens is 474 g/mol. The number of carbonyl (C=O) groups excluding carboxylic acids is 2. The van der Waals surface area contributed by atoms with Gasteiger partial charge in [0.25, 0.3) is 5.91 Å². The number of sulfonamides is 1. The number of nitrogens with zero attached hydrogens (tertiary/aromatic N) is 2. The first-order chi connectivity index (χ1) is 17.3. The smallest absolute Gasteiger partial charge is 0.252 e. The van der Waals surface area contributed by atoms with Gasteiger partial charge in [-0.15, -0.1) is 0 Å². The molecule has 8 heteroatoms. The lowest BCUT2D eigenvalue weighted by molar-refractivity contribution is -0.122. The number of hydrogen-bond acceptors (Lipinski definition) is 4. The fraction of sp³-hybridized carbons (Fsp3) is 0.214. The van der Waals surface area contributed by atoms with Gasteiger partial charge in [0.2, 0.25) is 15.9 Å². The Bertz CT molecular complexity index is 1540. The maximum Gasteiger partial charge on any atom is 0.252 e. The first-order valence-corrected chi connectivity index (χ1v) is 13.3. The molecule has 0 saturated carbocycles. The molecule has 3 aromatic carbocycles. The van der Waals surface area contributed by atoms with Crippen LogP contribution in [0.15, 0.2) is 83.9 Å². The lowest BCUT2D eigenvalue weighted by Gasteiger charge is -2.27. The Balaban J connectivity index is 1.51. The van der Waals surface area contributed by atoms with E-state index in [4.69, 9.17) is 0 Å². The number of fused-ring (bicyclic) bond motifs is 1. The summed E-state index contributed by atoms with van der Waals surface area (Å²) in [4.78, 5) is 30.9. The molecule has 4 aromatic rings. The Hall–Kier alpha value is -3.75. The normalized spacial score (nSPS) is 16.4. The van der Waals surface area contributed by atoms with Crippen molar-refractivity contribution < 1.29 is 18.0 Å². The topological polar surface area (TPSA) is 90.6 Å². The van der Waals surface area contributed by atoms with Gasteiger partial charge in [0.05, 0.1) is 17.0 Å². The minimum Gasteiger partial charge on any atom is -0.361 e. The summed E-state index contributed by atoms with van der Waals surface area (Å²) in [6.07, 6.45) is 2.05. The van der Waals surface area contributed by atoms with Crippen LogP contribution in [-0.2, 0) is 26.0 Å². The number of aromatic nitrogens is 1. The van der Waals surface area contributed by atoms with E-state index in [2.05, 4.69) is 4.98 Å². The molecule has 2 heterocycles. The summed E-state index contributed by atoms with van der Waals surface area (Å²) in [5, 5.41) is 1.00. The zero-order chi connectivity index (χ0) is 25.4. The van der Waals surface area contributed by atoms with Gasteiger partial charge in [0.1, 0.15) is 6.04 Å². The number of aryl methyl sites for hydroxylation is 2. The largest absolute Gasteiger partial charge is 0.361 e. The molecule has 2 amide bonds. The molecule has 1 saturated heterocycles. The van der Waals surface area contributed by atoms with Gasteiger partial charge in [-0.05, 0) is 56.2 Å². The molecule has 1 N–H and O–H groups in total. The fourth-order valence-electron chi connectivity index (χ4n) is 4.66. The zero-order valence-electron chi connectivity index (χ0n) is 20.1. The Labute approximate surface area is 210 Å². The van der Waals surface area contributed by atoms with E-state index in [9.17, 15) is 18.0 Å². The van der Waals surface area contributed by atoms with Gasteiger partial charge in [0, 0.05) is 23.6 Å². The molecule has 0 aliphatic carbocycles. The summed E-state index contributed by atoms with van der Waals surface area (Å²) in [6, 6.07) is 20.3. The minimum absolute atomic E-state index is 0.0590. The van der Waals surface area contributed by atoms with Gasteiger partial charge >= 0.3 is 0 Å². The standard InChI is InChI=1S/C28H27N3O4S/c1-19-7-11-22(12-8-19)31-27(32)17-26(28(31)33)30(36(34,35)23-13-9-20(2)10-14-23)16-15-21-18-29-25-6-4-3-5-24(21)25/h3-14,18,26,29H,15-17H2,1-2H3. The molecule has 1 atom stereocenters. The van der Waals surface area contributed by atoms with Crippen LogP contribution in [0.2, 0.25) is 0 Å². The van der Waals surface area contributed by atoms with Crippen LogP contribution in [0.1, 0.15) is 23.1 Å². The van der Waals surface area contributed by atoms with Crippen molar-refractivity contribution in [2.45, 2.75) is 37.6 Å². The number of rotatable bonds is 7. The Morgan fingerprint density at radius 2 is 1.56 bits per heavy atom. The number of benzene rings is 3. The summed E-state index contributed by atoms with van der Waals surface area (Å²) < 4.78 is 28.9. The van der Waals surface area contributed by atoms with Crippen LogP contribution in [0.3, 0.4) is 0 Å². The van der Waals surface area contributed by atoms with Crippen LogP contribution in [0.25, 0.3) is 10.9 Å². The third-order valence-electron chi connectivity index (χ3n) is 6.67. The van der Waals surface area contributed by atoms with Gasteiger partial charge in [-0.1, -0.05) is 53.6 Å². The number of para-hydroxylation sites is 1. The fourth-order valence-corrected chi connectivity index (χ4v) is 6.25. The van der Waals surface area contributed by atoms with Gasteiger partial charge in [-0.2, -0.15) is 4.31 Å². The summed E-state index contributed by atoms with van der Waals surface area (Å²) in [7, 11) is -4.05. The van der Waals surface area contributed by atoms with Crippen molar-refractivity contribution in [2.75, 3.05) is 11.4 Å². The molecule has 1 aliphatic rings. The predicted molar refractivity (Wildman–Crippen MR) is 139 cm³/mol. The number of carbonyl (C=O) groups is 2. The van der Waals surface area contributed by atoms with Crippen LogP contribution in [0.4, 0.5) is 5.69 Å².